The molecule has 0 radical (unpaired) electrons. The number of hydrogen-bond donors (Lipinski definition) is 1. The lowest BCUT2D eigenvalue weighted by atomic mass is 10.1. The summed E-state index contributed by atoms with van der Waals surface area (Å²) in [5.74, 6) is 0.654. The molecular formula is C9H11ClN-. The van der Waals surface area contributed by atoms with Gasteiger partial charge in [-0.1, -0.05) is 30.3 Å². The summed E-state index contributed by atoms with van der Waals surface area (Å²) in [5.41, 5.74) is 7.10. The van der Waals surface area contributed by atoms with Crippen molar-refractivity contribution >= 4 is 0 Å². The van der Waals surface area contributed by atoms with E-state index in [9.17, 15) is 0 Å². The third-order valence-corrected chi connectivity index (χ3v) is 2.07. The molecule has 2 atom stereocenters. The van der Waals surface area contributed by atoms with Crippen molar-refractivity contribution in [2.45, 2.75) is 18.4 Å². The molecule has 0 unspecified atom stereocenters. The summed E-state index contributed by atoms with van der Waals surface area (Å²) in [7, 11) is 0. The molecule has 1 saturated carbocycles. The van der Waals surface area contributed by atoms with E-state index in [1.54, 1.807) is 0 Å². The van der Waals surface area contributed by atoms with Crippen molar-refractivity contribution in [1.29, 1.82) is 0 Å². The Bertz CT molecular complexity index is 222. The molecule has 0 spiro atoms. The molecule has 1 aliphatic rings. The summed E-state index contributed by atoms with van der Waals surface area (Å²) in [5, 5.41) is 0. The Labute approximate surface area is 73.0 Å². The van der Waals surface area contributed by atoms with Gasteiger partial charge in [-0.2, -0.15) is 0 Å². The molecule has 1 aromatic rings. The van der Waals surface area contributed by atoms with Crippen LogP contribution < -0.4 is 18.1 Å². The highest BCUT2D eigenvalue weighted by atomic mass is 35.5. The number of rotatable bonds is 1. The summed E-state index contributed by atoms with van der Waals surface area (Å²) >= 11 is 0. The minimum Gasteiger partial charge on any atom is -1.00 e. The third kappa shape index (κ3) is 1.73. The lowest BCUT2D eigenvalue weighted by molar-refractivity contribution is -0.00000213. The zero-order chi connectivity index (χ0) is 6.97. The van der Waals surface area contributed by atoms with Crippen LogP contribution in [0.4, 0.5) is 0 Å². The van der Waals surface area contributed by atoms with Crippen molar-refractivity contribution in [3.8, 4) is 0 Å². The summed E-state index contributed by atoms with van der Waals surface area (Å²) < 4.78 is 0. The van der Waals surface area contributed by atoms with Gasteiger partial charge in [0, 0.05) is 12.0 Å². The van der Waals surface area contributed by atoms with Crippen molar-refractivity contribution in [2.24, 2.45) is 5.73 Å². The van der Waals surface area contributed by atoms with E-state index in [1.165, 1.54) is 12.0 Å². The molecule has 1 aromatic carbocycles. The highest BCUT2D eigenvalue weighted by Crippen LogP contribution is 2.38. The molecule has 2 N–H and O–H groups in total. The fourth-order valence-corrected chi connectivity index (χ4v) is 1.30. The second-order valence-corrected chi connectivity index (χ2v) is 2.92. The Morgan fingerprint density at radius 2 is 1.73 bits per heavy atom. The van der Waals surface area contributed by atoms with E-state index in [4.69, 9.17) is 5.73 Å². The molecule has 0 amide bonds. The van der Waals surface area contributed by atoms with Crippen LogP contribution in [0.5, 0.6) is 0 Å². The van der Waals surface area contributed by atoms with E-state index in [1.807, 2.05) is 6.07 Å². The summed E-state index contributed by atoms with van der Waals surface area (Å²) in [6.45, 7) is 0. The molecule has 60 valence electrons. The smallest absolute Gasteiger partial charge is 0.0115 e. The Morgan fingerprint density at radius 1 is 1.18 bits per heavy atom. The van der Waals surface area contributed by atoms with Crippen molar-refractivity contribution < 1.29 is 12.4 Å². The van der Waals surface area contributed by atoms with Gasteiger partial charge in [0.15, 0.2) is 0 Å². The maximum absolute atomic E-state index is 5.70. The van der Waals surface area contributed by atoms with Crippen LogP contribution in [0, 0.1) is 0 Å². The van der Waals surface area contributed by atoms with E-state index in [-0.39, 0.29) is 12.4 Å². The predicted octanol–water partition coefficient (Wildman–Crippen LogP) is -1.49. The van der Waals surface area contributed by atoms with Gasteiger partial charge in [0.25, 0.3) is 0 Å². The van der Waals surface area contributed by atoms with E-state index >= 15 is 0 Å². The van der Waals surface area contributed by atoms with Gasteiger partial charge in [0.2, 0.25) is 0 Å². The van der Waals surface area contributed by atoms with Crippen molar-refractivity contribution in [3.05, 3.63) is 35.9 Å². The lowest BCUT2D eigenvalue weighted by Crippen LogP contribution is -3.00. The van der Waals surface area contributed by atoms with E-state index < -0.39 is 0 Å². The first-order chi connectivity index (χ1) is 4.88. The van der Waals surface area contributed by atoms with Crippen molar-refractivity contribution in [1.82, 2.24) is 0 Å². The van der Waals surface area contributed by atoms with Gasteiger partial charge in [-0.3, -0.25) is 0 Å². The normalized spacial score (nSPS) is 27.4. The van der Waals surface area contributed by atoms with Crippen LogP contribution in [0.1, 0.15) is 17.9 Å². The Kier molecular flexibility index (Phi) is 2.53. The van der Waals surface area contributed by atoms with Gasteiger partial charge in [-0.25, -0.2) is 0 Å². The minimum atomic E-state index is 0. The maximum atomic E-state index is 5.70. The van der Waals surface area contributed by atoms with Gasteiger partial charge in [-0.05, 0) is 12.0 Å². The van der Waals surface area contributed by atoms with Crippen molar-refractivity contribution in [2.75, 3.05) is 0 Å². The zero-order valence-corrected chi connectivity index (χ0v) is 6.96. The number of hydrogen-bond acceptors (Lipinski definition) is 1. The number of nitrogens with two attached hydrogens (primary N) is 1. The Balaban J connectivity index is 0.000000605. The summed E-state index contributed by atoms with van der Waals surface area (Å²) in [6.07, 6.45) is 1.17. The largest absolute Gasteiger partial charge is 1.00 e. The molecule has 0 saturated heterocycles. The summed E-state index contributed by atoms with van der Waals surface area (Å²) in [4.78, 5) is 0. The van der Waals surface area contributed by atoms with E-state index in [0.29, 0.717) is 12.0 Å². The first kappa shape index (κ1) is 8.57. The minimum absolute atomic E-state index is 0. The molecule has 1 fully saturated rings. The van der Waals surface area contributed by atoms with Crippen LogP contribution in [0.15, 0.2) is 30.3 Å². The monoisotopic (exact) mass is 168 g/mol. The fourth-order valence-electron chi connectivity index (χ4n) is 1.30. The molecule has 2 heteroatoms. The number of halogens is 1. The van der Waals surface area contributed by atoms with Crippen LogP contribution in [-0.4, -0.2) is 6.04 Å². The Morgan fingerprint density at radius 3 is 2.18 bits per heavy atom. The molecule has 0 aliphatic heterocycles. The molecule has 1 nitrogen and oxygen atoms in total. The van der Waals surface area contributed by atoms with E-state index in [0.717, 1.165) is 0 Å². The summed E-state index contributed by atoms with van der Waals surface area (Å²) in [6, 6.07) is 10.9. The van der Waals surface area contributed by atoms with Gasteiger partial charge < -0.3 is 18.1 Å². The van der Waals surface area contributed by atoms with Crippen LogP contribution in [0.2, 0.25) is 0 Å². The van der Waals surface area contributed by atoms with E-state index in [2.05, 4.69) is 24.3 Å². The SMILES string of the molecule is N[C@H]1C[C@@H]1c1ccccc1.[Cl-]. The van der Waals surface area contributed by atoms with Gasteiger partial charge in [0.05, 0.1) is 0 Å². The Hall–Kier alpha value is -0.530. The van der Waals surface area contributed by atoms with Crippen molar-refractivity contribution in [3.63, 3.8) is 0 Å². The van der Waals surface area contributed by atoms with Gasteiger partial charge in [-0.15, -0.1) is 0 Å². The molecule has 0 aromatic heterocycles. The van der Waals surface area contributed by atoms with Crippen LogP contribution in [-0.2, 0) is 0 Å². The van der Waals surface area contributed by atoms with Gasteiger partial charge >= 0.3 is 0 Å². The topological polar surface area (TPSA) is 26.0 Å². The molecule has 0 heterocycles. The highest BCUT2D eigenvalue weighted by Gasteiger charge is 2.34. The van der Waals surface area contributed by atoms with Crippen LogP contribution in [0.25, 0.3) is 0 Å². The average Bonchev–Trinajstić information content (AvgIpc) is 2.69. The molecule has 1 aliphatic carbocycles. The average molecular weight is 169 g/mol. The molecule has 11 heavy (non-hydrogen) atoms. The fraction of sp³-hybridized carbons (Fsp3) is 0.333. The van der Waals surface area contributed by atoms with Crippen LogP contribution in [0.3, 0.4) is 0 Å². The quantitative estimate of drug-likeness (QED) is 0.543. The second kappa shape index (κ2) is 3.24. The molecule has 0 bridgehead atoms. The van der Waals surface area contributed by atoms with Gasteiger partial charge in [0.1, 0.15) is 0 Å². The lowest BCUT2D eigenvalue weighted by Gasteiger charge is -1.94. The third-order valence-electron chi connectivity index (χ3n) is 2.07. The van der Waals surface area contributed by atoms with Crippen LogP contribution >= 0.6 is 0 Å². The highest BCUT2D eigenvalue weighted by molar-refractivity contribution is 5.26. The maximum Gasteiger partial charge on any atom is 0.0115 e. The number of benzene rings is 1. The zero-order valence-electron chi connectivity index (χ0n) is 6.20. The first-order valence-electron chi connectivity index (χ1n) is 3.68. The second-order valence-electron chi connectivity index (χ2n) is 2.92. The molecular weight excluding hydrogens is 158 g/mol. The molecule has 2 rings (SSSR count). The predicted molar refractivity (Wildman–Crippen MR) is 41.8 cm³/mol. The standard InChI is InChI=1S/C9H11N.ClH/c10-9-6-8(9)7-4-2-1-3-5-7;/h1-5,8-9H,6,10H2;1H/p-1/t8-,9+;/m1./s1. The first-order valence-corrected chi connectivity index (χ1v) is 3.68.